The molecule has 0 aliphatic heterocycles. The van der Waals surface area contributed by atoms with Crippen molar-refractivity contribution in [3.63, 3.8) is 0 Å². The van der Waals surface area contributed by atoms with Crippen molar-refractivity contribution in [1.82, 2.24) is 0 Å². The number of carbonyl (C=O) groups is 9. The zero-order chi connectivity index (χ0) is 104. The summed E-state index contributed by atoms with van der Waals surface area (Å²) >= 11 is 0. The van der Waals surface area contributed by atoms with E-state index in [1.54, 1.807) is 30.4 Å². The first-order valence-corrected chi connectivity index (χ1v) is 51.7. The van der Waals surface area contributed by atoms with Gasteiger partial charge in [-0.2, -0.15) is 0 Å². The highest BCUT2D eigenvalue weighted by molar-refractivity contribution is 5.89. The molecule has 139 heavy (non-hydrogen) atoms. The molecule has 0 aromatic heterocycles. The van der Waals surface area contributed by atoms with Crippen LogP contribution in [0.3, 0.4) is 0 Å². The third-order valence-electron chi connectivity index (χ3n) is 19.9. The highest BCUT2D eigenvalue weighted by Gasteiger charge is 2.06. The number of aliphatic carboxylic acids is 7. The number of hydrogen-bond acceptors (Lipinski definition) is 14. The minimum atomic E-state index is -0.804. The number of allylic oxidation sites excluding steroid dienone is 40. The molecule has 4 atom stereocenters. The summed E-state index contributed by atoms with van der Waals surface area (Å²) in [6.07, 6.45) is 131. The maximum Gasteiger partial charge on any atom is 0.307 e. The van der Waals surface area contributed by atoms with Gasteiger partial charge in [-0.05, 0) is 224 Å². The number of carboxylic acid groups (broad SMARTS) is 7. The van der Waals surface area contributed by atoms with Crippen LogP contribution in [0, 0.1) is 0 Å². The van der Waals surface area contributed by atoms with E-state index in [1.165, 1.54) is 25.7 Å². The first kappa shape index (κ1) is 139. The Kier molecular flexibility index (Phi) is 122. The van der Waals surface area contributed by atoms with Gasteiger partial charge in [-0.1, -0.05) is 366 Å². The Balaban J connectivity index is -0.000000382. The van der Waals surface area contributed by atoms with E-state index in [2.05, 4.69) is 131 Å². The molecule has 21 nitrogen and oxygen atoms in total. The second-order valence-corrected chi connectivity index (χ2v) is 33.3. The van der Waals surface area contributed by atoms with Gasteiger partial charge in [0.2, 0.25) is 0 Å². The SMILES string of the molecule is CCCCCC(=O)/C=C/C=C\C/C=C\C/C=C\CCCC(=O)O.CCCCCC(=O)CC/C=C\C/C=C\C/C=C\CCCC(=O)O.CCCCCC(O)/C=C/C=C\C/C=C\C/C=C\CC(=O)O.CCCCCC(O)CC/C=C\C/C=C\C/C=C\CCCC(=O)O.O=C(O)CCC/C=C\C/C=C\C/C=C\C=C\C(O)CCCCC(=O)O.O=C(O)CCC/C=C\C/C=C\C/C=C\C=C\C(O)CCCCCO. The van der Waals surface area contributed by atoms with Gasteiger partial charge >= 0.3 is 41.8 Å². The van der Waals surface area contributed by atoms with Gasteiger partial charge in [0.25, 0.3) is 0 Å². The van der Waals surface area contributed by atoms with Crippen LogP contribution >= 0.6 is 0 Å². The first-order chi connectivity index (χ1) is 67.3. The molecule has 0 fully saturated rings. The molecule has 0 radical (unpaired) electrons. The number of aliphatic hydroxyl groups is 5. The van der Waals surface area contributed by atoms with Gasteiger partial charge in [0.05, 0.1) is 30.8 Å². The van der Waals surface area contributed by atoms with Crippen LogP contribution in [0.5, 0.6) is 0 Å². The smallest absolute Gasteiger partial charge is 0.307 e. The van der Waals surface area contributed by atoms with Crippen molar-refractivity contribution >= 4 is 53.4 Å². The Bertz CT molecular complexity index is 3630. The van der Waals surface area contributed by atoms with Crippen LogP contribution < -0.4 is 0 Å². The second-order valence-electron chi connectivity index (χ2n) is 33.3. The molecule has 4 unspecified atom stereocenters. The fourth-order valence-corrected chi connectivity index (χ4v) is 11.9. The third-order valence-corrected chi connectivity index (χ3v) is 19.9. The summed E-state index contributed by atoms with van der Waals surface area (Å²) in [6, 6.07) is 0. The molecule has 0 rings (SSSR count). The summed E-state index contributed by atoms with van der Waals surface area (Å²) in [5.74, 6) is -4.69. The van der Waals surface area contributed by atoms with Gasteiger partial charge in [-0.3, -0.25) is 43.2 Å². The lowest BCUT2D eigenvalue weighted by Crippen LogP contribution is -2.05. The van der Waals surface area contributed by atoms with E-state index >= 15 is 0 Å². The van der Waals surface area contributed by atoms with Gasteiger partial charge in [0.15, 0.2) is 5.78 Å². The van der Waals surface area contributed by atoms with E-state index in [0.717, 1.165) is 225 Å². The van der Waals surface area contributed by atoms with Crippen molar-refractivity contribution in [2.24, 2.45) is 0 Å². The molecular formula is C118H186O21. The van der Waals surface area contributed by atoms with Crippen LogP contribution in [0.15, 0.2) is 267 Å². The van der Waals surface area contributed by atoms with E-state index in [-0.39, 0.29) is 69.5 Å². The normalized spacial score (nSPS) is 13.1. The summed E-state index contributed by atoms with van der Waals surface area (Å²) in [5, 5.41) is 107. The standard InChI is InChI=1S/C20H30O5.C20H32O4.C20H34O3.C20H32O3.C20H30O3.C18H28O3/c21-18(15-12-13-17-20(24)25)14-10-8-6-4-2-1-3-5-7-9-11-16-19(22)23;21-18-14-10-12-16-19(22)15-11-8-6-4-2-1-3-5-7-9-13-17-20(23)24;3*1-2-3-13-16-19(21)17-14-11-9-7-5-4-6-8-10-12-15-18-20(22)23;1-2-3-11-14-17(19)15-12-9-7-5-4-6-8-10-13-16-18(20)21/h1-2,5-8,10,14,18,21H,3-4,9,11-13,15-17H2,(H,22,23)(H,24,25);1-2,5-8,11,15,19,21-22H,3-4,9-10,12-14,16-18H2,(H,23,24);4-5,8-11,19,21H,2-3,6-7,12-18H2,1H3,(H,22,23);4-5,8-11H,2-3,6-7,12-18H2,1H3,(H,22,23);4-5,8-11,14,17H,2-3,6-7,12-13,15-16,18H2,1H3,(H,22,23);4,6-7,9-10,12-13,15,17,19H,2-3,5,8,11,14,16H2,1H3,(H,20,21)/b2-1-,7-5-,8-6-,14-10+;2-1-,7-5-,8-6-,15-11+;2*5-4-,10-8-,11-9-;5-4-,10-8-,11-9-,17-14+;6-4-,9-7-,13-10-,15-12+. The van der Waals surface area contributed by atoms with Gasteiger partial charge in [-0.15, -0.1) is 0 Å². The van der Waals surface area contributed by atoms with E-state index in [9.17, 15) is 63.6 Å². The molecule has 21 heteroatoms. The summed E-state index contributed by atoms with van der Waals surface area (Å²) in [4.78, 5) is 95.2. The van der Waals surface area contributed by atoms with Crippen molar-refractivity contribution < 1.29 is 104 Å². The molecule has 0 heterocycles. The topological polar surface area (TPSA) is 396 Å². The van der Waals surface area contributed by atoms with E-state index < -0.39 is 54.0 Å². The number of unbranched alkanes of at least 4 members (excludes halogenated alkanes) is 16. The van der Waals surface area contributed by atoms with Crippen LogP contribution in [0.1, 0.15) is 387 Å². The highest BCUT2D eigenvalue weighted by atomic mass is 16.4. The van der Waals surface area contributed by atoms with Crippen molar-refractivity contribution in [2.45, 2.75) is 412 Å². The number of aliphatic hydroxyl groups excluding tert-OH is 5. The molecule has 784 valence electrons. The van der Waals surface area contributed by atoms with Crippen LogP contribution in [0.2, 0.25) is 0 Å². The summed E-state index contributed by atoms with van der Waals surface area (Å²) in [7, 11) is 0. The summed E-state index contributed by atoms with van der Waals surface area (Å²) in [5.41, 5.74) is 0. The van der Waals surface area contributed by atoms with Crippen LogP contribution in [0.25, 0.3) is 0 Å². The Morgan fingerprint density at radius 2 is 0.460 bits per heavy atom. The molecule has 0 amide bonds. The largest absolute Gasteiger partial charge is 0.481 e. The Morgan fingerprint density at radius 3 is 0.777 bits per heavy atom. The van der Waals surface area contributed by atoms with Crippen LogP contribution in [-0.2, 0) is 43.2 Å². The third kappa shape index (κ3) is 148. The van der Waals surface area contributed by atoms with Crippen molar-refractivity contribution in [3.8, 4) is 0 Å². The summed E-state index contributed by atoms with van der Waals surface area (Å²) in [6.45, 7) is 8.84. The van der Waals surface area contributed by atoms with Crippen molar-refractivity contribution in [1.29, 1.82) is 0 Å². The van der Waals surface area contributed by atoms with E-state index in [0.29, 0.717) is 70.0 Å². The van der Waals surface area contributed by atoms with Crippen LogP contribution in [-0.4, -0.2) is 146 Å². The minimum Gasteiger partial charge on any atom is -0.481 e. The number of hydrogen-bond donors (Lipinski definition) is 12. The predicted molar refractivity (Wildman–Crippen MR) is 577 cm³/mol. The number of carbonyl (C=O) groups excluding carboxylic acids is 2. The van der Waals surface area contributed by atoms with Gasteiger partial charge in [0.1, 0.15) is 5.78 Å². The van der Waals surface area contributed by atoms with Gasteiger partial charge in [0, 0.05) is 64.4 Å². The number of carboxylic acids is 7. The molecule has 0 aliphatic carbocycles. The van der Waals surface area contributed by atoms with Gasteiger partial charge < -0.3 is 61.3 Å². The quantitative estimate of drug-likeness (QED) is 0.0116. The average molecular weight is 1940 g/mol. The molecule has 0 saturated carbocycles. The lowest BCUT2D eigenvalue weighted by atomic mass is 10.1. The maximum absolute atomic E-state index is 11.5. The Hall–Kier alpha value is -10.3. The maximum atomic E-state index is 11.5. The molecule has 0 aliphatic rings. The molecule has 0 aromatic rings. The fraction of sp³-hybridized carbons (Fsp3) is 0.551. The molecule has 0 spiro atoms. The minimum absolute atomic E-state index is 0.0825. The predicted octanol–water partition coefficient (Wildman–Crippen LogP) is 29.2. The Morgan fingerprint density at radius 1 is 0.209 bits per heavy atom. The number of Topliss-reactive ketones (excluding diaryl/α,β-unsaturated/α-hetero) is 1. The molecular weight excluding hydrogens is 1750 g/mol. The second kappa shape index (κ2) is 122. The fourth-order valence-electron chi connectivity index (χ4n) is 11.9. The number of ketones is 2. The average Bonchev–Trinajstić information content (AvgIpc) is 0.943. The van der Waals surface area contributed by atoms with Gasteiger partial charge in [-0.25, -0.2) is 0 Å². The monoisotopic (exact) mass is 1940 g/mol. The lowest BCUT2D eigenvalue weighted by molar-refractivity contribution is -0.138. The van der Waals surface area contributed by atoms with Crippen molar-refractivity contribution in [3.05, 3.63) is 267 Å². The molecule has 12 N–H and O–H groups in total. The highest BCUT2D eigenvalue weighted by Crippen LogP contribution is 2.14. The molecule has 0 saturated heterocycles. The lowest BCUT2D eigenvalue weighted by Gasteiger charge is -2.07. The summed E-state index contributed by atoms with van der Waals surface area (Å²) < 4.78 is 0. The Labute approximate surface area is 838 Å². The number of rotatable bonds is 86. The van der Waals surface area contributed by atoms with E-state index in [4.69, 9.17) is 40.9 Å². The first-order valence-electron chi connectivity index (χ1n) is 51.7. The zero-order valence-corrected chi connectivity index (χ0v) is 85.6. The zero-order valence-electron chi connectivity index (χ0n) is 85.6. The molecule has 0 aromatic carbocycles. The van der Waals surface area contributed by atoms with Crippen molar-refractivity contribution in [2.75, 3.05) is 6.61 Å². The molecule has 0 bridgehead atoms. The van der Waals surface area contributed by atoms with E-state index in [1.807, 2.05) is 134 Å². The van der Waals surface area contributed by atoms with Crippen LogP contribution in [0.4, 0.5) is 0 Å².